The summed E-state index contributed by atoms with van der Waals surface area (Å²) in [5, 5.41) is 3.34. The lowest BCUT2D eigenvalue weighted by Crippen LogP contribution is -2.31. The van der Waals surface area contributed by atoms with E-state index in [9.17, 15) is 4.79 Å². The molecule has 1 heterocycles. The van der Waals surface area contributed by atoms with E-state index in [0.717, 1.165) is 5.82 Å². The third kappa shape index (κ3) is 3.24. The molecule has 18 heavy (non-hydrogen) atoms. The van der Waals surface area contributed by atoms with Gasteiger partial charge in [0, 0.05) is 30.2 Å². The summed E-state index contributed by atoms with van der Waals surface area (Å²) in [4.78, 5) is 20.4. The van der Waals surface area contributed by atoms with Crippen molar-refractivity contribution in [3.05, 3.63) is 47.5 Å². The largest absolute Gasteiger partial charge is 0.347 e. The SMILES string of the molecule is CN(Cc1ncc[nH]1)C(=O)Nc1cccc(Cl)c1. The molecule has 5 nitrogen and oxygen atoms in total. The van der Waals surface area contributed by atoms with Crippen molar-refractivity contribution in [3.8, 4) is 0 Å². The fourth-order valence-corrected chi connectivity index (χ4v) is 1.66. The lowest BCUT2D eigenvalue weighted by atomic mass is 10.3. The summed E-state index contributed by atoms with van der Waals surface area (Å²) in [5.74, 6) is 0.735. The second-order valence-electron chi connectivity index (χ2n) is 3.83. The number of hydrogen-bond donors (Lipinski definition) is 2. The Morgan fingerprint density at radius 3 is 3.06 bits per heavy atom. The van der Waals surface area contributed by atoms with Crippen molar-refractivity contribution in [1.82, 2.24) is 14.9 Å². The van der Waals surface area contributed by atoms with Crippen molar-refractivity contribution in [2.45, 2.75) is 6.54 Å². The molecule has 0 saturated carbocycles. The number of rotatable bonds is 3. The molecule has 1 aromatic carbocycles. The molecule has 2 amide bonds. The number of anilines is 1. The van der Waals surface area contributed by atoms with E-state index in [-0.39, 0.29) is 6.03 Å². The number of halogens is 1. The van der Waals surface area contributed by atoms with Crippen molar-refractivity contribution in [2.75, 3.05) is 12.4 Å². The van der Waals surface area contributed by atoms with E-state index in [1.54, 1.807) is 43.7 Å². The van der Waals surface area contributed by atoms with E-state index in [2.05, 4.69) is 15.3 Å². The van der Waals surface area contributed by atoms with Gasteiger partial charge in [-0.25, -0.2) is 9.78 Å². The van der Waals surface area contributed by atoms with E-state index in [0.29, 0.717) is 17.3 Å². The zero-order valence-corrected chi connectivity index (χ0v) is 10.6. The van der Waals surface area contributed by atoms with Gasteiger partial charge in [-0.15, -0.1) is 0 Å². The van der Waals surface area contributed by atoms with Crippen LogP contribution in [0, 0.1) is 0 Å². The van der Waals surface area contributed by atoms with Gasteiger partial charge in [0.25, 0.3) is 0 Å². The van der Waals surface area contributed by atoms with Gasteiger partial charge in [0.15, 0.2) is 0 Å². The first kappa shape index (κ1) is 12.4. The lowest BCUT2D eigenvalue weighted by molar-refractivity contribution is 0.219. The van der Waals surface area contributed by atoms with Gasteiger partial charge < -0.3 is 15.2 Å². The van der Waals surface area contributed by atoms with Gasteiger partial charge in [-0.1, -0.05) is 17.7 Å². The lowest BCUT2D eigenvalue weighted by Gasteiger charge is -2.16. The molecular formula is C12H13ClN4O. The molecule has 0 aliphatic rings. The van der Waals surface area contributed by atoms with Crippen LogP contribution in [0.3, 0.4) is 0 Å². The van der Waals surface area contributed by atoms with Crippen LogP contribution in [-0.4, -0.2) is 27.9 Å². The highest BCUT2D eigenvalue weighted by Crippen LogP contribution is 2.15. The van der Waals surface area contributed by atoms with Crippen LogP contribution in [0.4, 0.5) is 10.5 Å². The number of carbonyl (C=O) groups excluding carboxylic acids is 1. The summed E-state index contributed by atoms with van der Waals surface area (Å²) in [6.07, 6.45) is 3.37. The molecule has 2 aromatic rings. The van der Waals surface area contributed by atoms with Crippen LogP contribution in [0.1, 0.15) is 5.82 Å². The Kier molecular flexibility index (Phi) is 3.84. The number of carbonyl (C=O) groups is 1. The van der Waals surface area contributed by atoms with Gasteiger partial charge in [0.05, 0.1) is 6.54 Å². The molecule has 6 heteroatoms. The number of nitrogens with zero attached hydrogens (tertiary/aromatic N) is 2. The van der Waals surface area contributed by atoms with Gasteiger partial charge in [-0.2, -0.15) is 0 Å². The minimum Gasteiger partial charge on any atom is -0.347 e. The molecule has 0 aliphatic heterocycles. The van der Waals surface area contributed by atoms with Crippen molar-refractivity contribution < 1.29 is 4.79 Å². The first-order valence-corrected chi connectivity index (χ1v) is 5.79. The maximum Gasteiger partial charge on any atom is 0.321 e. The van der Waals surface area contributed by atoms with Crippen LogP contribution < -0.4 is 5.32 Å². The molecule has 0 fully saturated rings. The number of benzene rings is 1. The van der Waals surface area contributed by atoms with E-state index in [4.69, 9.17) is 11.6 Å². The van der Waals surface area contributed by atoms with Crippen LogP contribution in [0.2, 0.25) is 5.02 Å². The monoisotopic (exact) mass is 264 g/mol. The maximum absolute atomic E-state index is 11.9. The number of urea groups is 1. The van der Waals surface area contributed by atoms with Crippen LogP contribution >= 0.6 is 11.6 Å². The second-order valence-corrected chi connectivity index (χ2v) is 4.27. The average Bonchev–Trinajstić information content (AvgIpc) is 2.81. The molecule has 0 aliphatic carbocycles. The number of aromatic nitrogens is 2. The zero-order chi connectivity index (χ0) is 13.0. The van der Waals surface area contributed by atoms with E-state index >= 15 is 0 Å². The highest BCUT2D eigenvalue weighted by molar-refractivity contribution is 6.30. The van der Waals surface area contributed by atoms with E-state index < -0.39 is 0 Å². The number of nitrogens with one attached hydrogen (secondary N) is 2. The predicted molar refractivity (Wildman–Crippen MR) is 70.5 cm³/mol. The molecule has 0 saturated heterocycles. The quantitative estimate of drug-likeness (QED) is 0.895. The molecule has 94 valence electrons. The Morgan fingerprint density at radius 1 is 1.56 bits per heavy atom. The third-order valence-corrected chi connectivity index (χ3v) is 2.60. The molecular weight excluding hydrogens is 252 g/mol. The topological polar surface area (TPSA) is 61.0 Å². The standard InChI is InChI=1S/C12H13ClN4O/c1-17(8-11-14-5-6-15-11)12(18)16-10-4-2-3-9(13)7-10/h2-7H,8H2,1H3,(H,14,15)(H,16,18). The second kappa shape index (κ2) is 5.55. The average molecular weight is 265 g/mol. The molecule has 0 bridgehead atoms. The minimum atomic E-state index is -0.214. The fraction of sp³-hybridized carbons (Fsp3) is 0.167. The Hall–Kier alpha value is -2.01. The minimum absolute atomic E-state index is 0.214. The maximum atomic E-state index is 11.9. The highest BCUT2D eigenvalue weighted by atomic mass is 35.5. The van der Waals surface area contributed by atoms with E-state index in [1.165, 1.54) is 4.90 Å². The summed E-state index contributed by atoms with van der Waals surface area (Å²) in [6, 6.07) is 6.80. The van der Waals surface area contributed by atoms with Crippen LogP contribution in [-0.2, 0) is 6.54 Å². The number of amides is 2. The van der Waals surface area contributed by atoms with Crippen LogP contribution in [0.5, 0.6) is 0 Å². The number of H-pyrrole nitrogens is 1. The summed E-state index contributed by atoms with van der Waals surface area (Å²) in [7, 11) is 1.70. The Balaban J connectivity index is 1.95. The molecule has 0 atom stereocenters. The first-order chi connectivity index (χ1) is 8.65. The molecule has 2 N–H and O–H groups in total. The molecule has 0 unspecified atom stereocenters. The Labute approximate surface area is 110 Å². The Morgan fingerprint density at radius 2 is 2.39 bits per heavy atom. The van der Waals surface area contributed by atoms with Crippen molar-refractivity contribution in [2.24, 2.45) is 0 Å². The highest BCUT2D eigenvalue weighted by Gasteiger charge is 2.10. The number of hydrogen-bond acceptors (Lipinski definition) is 2. The predicted octanol–water partition coefficient (Wildman–Crippen LogP) is 2.73. The fourth-order valence-electron chi connectivity index (χ4n) is 1.47. The zero-order valence-electron chi connectivity index (χ0n) is 9.85. The summed E-state index contributed by atoms with van der Waals surface area (Å²) in [5.41, 5.74) is 0.666. The van der Waals surface area contributed by atoms with Crippen molar-refractivity contribution >= 4 is 23.3 Å². The number of aromatic amines is 1. The molecule has 0 spiro atoms. The van der Waals surface area contributed by atoms with E-state index in [1.807, 2.05) is 0 Å². The Bertz CT molecular complexity index is 527. The van der Waals surface area contributed by atoms with Gasteiger partial charge in [-0.3, -0.25) is 0 Å². The van der Waals surface area contributed by atoms with Gasteiger partial charge in [0.1, 0.15) is 5.82 Å². The summed E-state index contributed by atoms with van der Waals surface area (Å²) >= 11 is 5.84. The molecule has 1 aromatic heterocycles. The van der Waals surface area contributed by atoms with Gasteiger partial charge in [-0.05, 0) is 18.2 Å². The normalized spacial score (nSPS) is 10.1. The van der Waals surface area contributed by atoms with Crippen molar-refractivity contribution in [1.29, 1.82) is 0 Å². The molecule has 2 rings (SSSR count). The van der Waals surface area contributed by atoms with Crippen molar-refractivity contribution in [3.63, 3.8) is 0 Å². The van der Waals surface area contributed by atoms with Gasteiger partial charge >= 0.3 is 6.03 Å². The smallest absolute Gasteiger partial charge is 0.321 e. The summed E-state index contributed by atoms with van der Waals surface area (Å²) in [6.45, 7) is 0.416. The van der Waals surface area contributed by atoms with Crippen LogP contribution in [0.15, 0.2) is 36.7 Å². The first-order valence-electron chi connectivity index (χ1n) is 5.41. The third-order valence-electron chi connectivity index (χ3n) is 2.36. The number of imidazole rings is 1. The van der Waals surface area contributed by atoms with Gasteiger partial charge in [0.2, 0.25) is 0 Å². The van der Waals surface area contributed by atoms with Crippen LogP contribution in [0.25, 0.3) is 0 Å². The summed E-state index contributed by atoms with van der Waals surface area (Å²) < 4.78 is 0. The molecule has 0 radical (unpaired) electrons.